The lowest BCUT2D eigenvalue weighted by Crippen LogP contribution is -2.04. The van der Waals surface area contributed by atoms with Crippen LogP contribution in [0.1, 0.15) is 0 Å². The summed E-state index contributed by atoms with van der Waals surface area (Å²) in [5.74, 6) is 1.84. The summed E-state index contributed by atoms with van der Waals surface area (Å²) < 4.78 is 4.85. The maximum Gasteiger partial charge on any atom is 0.166 e. The Labute approximate surface area is 368 Å². The van der Waals surface area contributed by atoms with Gasteiger partial charge in [0.1, 0.15) is 0 Å². The third kappa shape index (κ3) is 5.75. The summed E-state index contributed by atoms with van der Waals surface area (Å²) in [7, 11) is 0. The van der Waals surface area contributed by atoms with Crippen molar-refractivity contribution < 1.29 is 0 Å². The number of nitrogens with zero attached hydrogens (tertiary/aromatic N) is 5. The van der Waals surface area contributed by atoms with Gasteiger partial charge >= 0.3 is 0 Å². The first kappa shape index (κ1) is 36.0. The molecule has 13 aromatic rings. The molecule has 0 amide bonds. The van der Waals surface area contributed by atoms with Crippen molar-refractivity contribution in [2.24, 2.45) is 0 Å². The van der Waals surface area contributed by atoms with Gasteiger partial charge in [-0.15, -0.1) is 0 Å². The van der Waals surface area contributed by atoms with E-state index in [0.717, 1.165) is 61.0 Å². The van der Waals surface area contributed by atoms with Gasteiger partial charge in [-0.3, -0.25) is 0 Å². The van der Waals surface area contributed by atoms with Gasteiger partial charge < -0.3 is 9.13 Å². The Morgan fingerprint density at radius 3 is 1.44 bits per heavy atom. The highest BCUT2D eigenvalue weighted by Gasteiger charge is 2.23. The minimum absolute atomic E-state index is 0.606. The average molecular weight is 816 g/mol. The number of hydrogen-bond acceptors (Lipinski definition) is 3. The van der Waals surface area contributed by atoms with Gasteiger partial charge in [-0.05, 0) is 75.8 Å². The van der Waals surface area contributed by atoms with Crippen LogP contribution < -0.4 is 0 Å². The molecule has 3 aromatic heterocycles. The molecule has 0 saturated carbocycles. The van der Waals surface area contributed by atoms with E-state index < -0.39 is 0 Å². The van der Waals surface area contributed by atoms with Crippen molar-refractivity contribution >= 4 is 65.2 Å². The summed E-state index contributed by atoms with van der Waals surface area (Å²) in [5.41, 5.74) is 11.8. The Morgan fingerprint density at radius 1 is 0.266 bits per heavy atom. The Kier molecular flexibility index (Phi) is 8.15. The molecule has 0 atom stereocenters. The van der Waals surface area contributed by atoms with E-state index in [2.05, 4.69) is 209 Å². The van der Waals surface area contributed by atoms with Gasteiger partial charge in [-0.1, -0.05) is 176 Å². The standard InChI is InChI=1S/C59H37N5/c1-3-15-38(16-4-1)39-27-29-42(30-28-39)58-60-57(41-18-5-2-6-19-41)61-59(62-58)49-33-31-40-17-9-10-22-46(40)56(49)64-54-34-32-45(37-51(54)50-35-43-20-7-8-21-44(43)36-55(50)64)63-52-25-13-11-23-47(52)48-24-12-14-26-53(48)63/h1-37H. The molecule has 5 heteroatoms. The Morgan fingerprint density at radius 2 is 0.750 bits per heavy atom. The number of rotatable bonds is 6. The van der Waals surface area contributed by atoms with Gasteiger partial charge in [-0.2, -0.15) is 0 Å². The van der Waals surface area contributed by atoms with Crippen LogP contribution in [0.2, 0.25) is 0 Å². The van der Waals surface area contributed by atoms with E-state index in [0.29, 0.717) is 17.5 Å². The largest absolute Gasteiger partial charge is 0.309 e. The monoisotopic (exact) mass is 815 g/mol. The highest BCUT2D eigenvalue weighted by atomic mass is 15.1. The second-order valence-corrected chi connectivity index (χ2v) is 16.4. The molecule has 13 rings (SSSR count). The van der Waals surface area contributed by atoms with E-state index in [9.17, 15) is 0 Å². The van der Waals surface area contributed by atoms with E-state index in [-0.39, 0.29) is 0 Å². The molecular weight excluding hydrogens is 779 g/mol. The fraction of sp³-hybridized carbons (Fsp3) is 0. The summed E-state index contributed by atoms with van der Waals surface area (Å²) >= 11 is 0. The van der Waals surface area contributed by atoms with Crippen LogP contribution >= 0.6 is 0 Å². The van der Waals surface area contributed by atoms with Gasteiger partial charge in [0, 0.05) is 49.3 Å². The Bertz CT molecular complexity index is 3890. The molecule has 3 heterocycles. The lowest BCUT2D eigenvalue weighted by molar-refractivity contribution is 1.07. The van der Waals surface area contributed by atoms with Gasteiger partial charge in [0.15, 0.2) is 17.5 Å². The zero-order chi connectivity index (χ0) is 42.1. The topological polar surface area (TPSA) is 48.5 Å². The zero-order valence-corrected chi connectivity index (χ0v) is 34.6. The molecule has 10 aromatic carbocycles. The van der Waals surface area contributed by atoms with Crippen molar-refractivity contribution in [2.75, 3.05) is 0 Å². The van der Waals surface area contributed by atoms with Crippen molar-refractivity contribution in [1.82, 2.24) is 24.1 Å². The van der Waals surface area contributed by atoms with Crippen molar-refractivity contribution in [3.05, 3.63) is 224 Å². The van der Waals surface area contributed by atoms with Crippen LogP contribution in [-0.4, -0.2) is 24.1 Å². The molecule has 0 radical (unpaired) electrons. The third-order valence-electron chi connectivity index (χ3n) is 12.7. The van der Waals surface area contributed by atoms with E-state index in [1.165, 1.54) is 43.4 Å². The zero-order valence-electron chi connectivity index (χ0n) is 34.6. The number of benzene rings is 10. The van der Waals surface area contributed by atoms with Gasteiger partial charge in [-0.25, -0.2) is 15.0 Å². The molecular formula is C59H37N5. The molecule has 0 aliphatic carbocycles. The highest BCUT2D eigenvalue weighted by Crippen LogP contribution is 2.43. The first-order chi connectivity index (χ1) is 31.7. The third-order valence-corrected chi connectivity index (χ3v) is 12.7. The second kappa shape index (κ2) is 14.5. The minimum Gasteiger partial charge on any atom is -0.309 e. The molecule has 298 valence electrons. The quantitative estimate of drug-likeness (QED) is 0.168. The first-order valence-electron chi connectivity index (χ1n) is 21.7. The van der Waals surface area contributed by atoms with Gasteiger partial charge in [0.2, 0.25) is 0 Å². The highest BCUT2D eigenvalue weighted by molar-refractivity contribution is 6.16. The first-order valence-corrected chi connectivity index (χ1v) is 21.7. The smallest absolute Gasteiger partial charge is 0.166 e. The number of para-hydroxylation sites is 2. The summed E-state index contributed by atoms with van der Waals surface area (Å²) in [4.78, 5) is 15.8. The SMILES string of the molecule is c1ccc(-c2ccc(-c3nc(-c4ccccc4)nc(-c4ccc5ccccc5c4-n4c5ccc(-n6c7ccccc7c7ccccc76)cc5c5cc6ccccc6cc54)n3)cc2)cc1. The van der Waals surface area contributed by atoms with E-state index in [4.69, 9.17) is 15.0 Å². The molecule has 0 bridgehead atoms. The number of fused-ring (bicyclic) bond motifs is 8. The molecule has 0 aliphatic rings. The van der Waals surface area contributed by atoms with Gasteiger partial charge in [0.05, 0.1) is 27.8 Å². The van der Waals surface area contributed by atoms with Crippen molar-refractivity contribution in [3.8, 4) is 56.7 Å². The van der Waals surface area contributed by atoms with Crippen molar-refractivity contribution in [2.45, 2.75) is 0 Å². The fourth-order valence-electron chi connectivity index (χ4n) is 9.73. The van der Waals surface area contributed by atoms with Crippen LogP contribution in [0.5, 0.6) is 0 Å². The lowest BCUT2D eigenvalue weighted by atomic mass is 10.0. The average Bonchev–Trinajstić information content (AvgIpc) is 3.87. The van der Waals surface area contributed by atoms with Crippen LogP contribution in [0.15, 0.2) is 224 Å². The molecule has 64 heavy (non-hydrogen) atoms. The second-order valence-electron chi connectivity index (χ2n) is 16.4. The van der Waals surface area contributed by atoms with E-state index in [1.807, 2.05) is 24.3 Å². The maximum absolute atomic E-state index is 5.36. The summed E-state index contributed by atoms with van der Waals surface area (Å²) in [6.07, 6.45) is 0. The minimum atomic E-state index is 0.606. The molecule has 0 spiro atoms. The van der Waals surface area contributed by atoms with Crippen LogP contribution in [0, 0.1) is 0 Å². The Hall–Kier alpha value is -8.67. The van der Waals surface area contributed by atoms with Crippen LogP contribution in [-0.2, 0) is 0 Å². The predicted molar refractivity (Wildman–Crippen MR) is 265 cm³/mol. The molecule has 5 nitrogen and oxygen atoms in total. The summed E-state index contributed by atoms with van der Waals surface area (Å²) in [6.45, 7) is 0. The molecule has 0 unspecified atom stereocenters. The normalized spacial score (nSPS) is 11.8. The van der Waals surface area contributed by atoms with Crippen LogP contribution in [0.4, 0.5) is 0 Å². The van der Waals surface area contributed by atoms with Crippen LogP contribution in [0.3, 0.4) is 0 Å². The predicted octanol–water partition coefficient (Wildman–Crippen LogP) is 15.0. The molecule has 0 aliphatic heterocycles. The Balaban J connectivity index is 1.09. The fourth-order valence-corrected chi connectivity index (χ4v) is 9.73. The van der Waals surface area contributed by atoms with Crippen molar-refractivity contribution in [3.63, 3.8) is 0 Å². The van der Waals surface area contributed by atoms with Gasteiger partial charge in [0.25, 0.3) is 0 Å². The maximum atomic E-state index is 5.36. The van der Waals surface area contributed by atoms with E-state index >= 15 is 0 Å². The molecule has 0 N–H and O–H groups in total. The summed E-state index contributed by atoms with van der Waals surface area (Å²) in [5, 5.41) is 9.44. The van der Waals surface area contributed by atoms with E-state index in [1.54, 1.807) is 0 Å². The summed E-state index contributed by atoms with van der Waals surface area (Å²) in [6, 6.07) is 79.9. The molecule has 0 saturated heterocycles. The number of hydrogen-bond donors (Lipinski definition) is 0. The molecule has 0 fully saturated rings. The lowest BCUT2D eigenvalue weighted by Gasteiger charge is -2.18. The number of aromatic nitrogens is 5. The van der Waals surface area contributed by atoms with Crippen LogP contribution in [0.25, 0.3) is 122 Å². The van der Waals surface area contributed by atoms with Crippen molar-refractivity contribution in [1.29, 1.82) is 0 Å².